The molecule has 0 bridgehead atoms. The van der Waals surface area contributed by atoms with E-state index in [1.165, 1.54) is 33.1 Å². The number of rotatable bonds is 4. The summed E-state index contributed by atoms with van der Waals surface area (Å²) >= 11 is 0. The van der Waals surface area contributed by atoms with Crippen LogP contribution >= 0.6 is 0 Å². The van der Waals surface area contributed by atoms with Crippen molar-refractivity contribution < 1.29 is 28.2 Å². The van der Waals surface area contributed by atoms with Crippen molar-refractivity contribution in [1.29, 1.82) is 0 Å². The Bertz CT molecular complexity index is 1080. The third kappa shape index (κ3) is 3.67. The normalized spacial score (nSPS) is 10.5. The molecule has 0 aliphatic rings. The summed E-state index contributed by atoms with van der Waals surface area (Å²) in [5.41, 5.74) is 0.207. The fourth-order valence-electron chi connectivity index (χ4n) is 2.67. The minimum absolute atomic E-state index is 0.0117. The summed E-state index contributed by atoms with van der Waals surface area (Å²) in [5.74, 6) is -1.02. The van der Waals surface area contributed by atoms with Gasteiger partial charge in [-0.15, -0.1) is 0 Å². The first-order valence-electron chi connectivity index (χ1n) is 8.01. The molecule has 138 valence electrons. The van der Waals surface area contributed by atoms with E-state index in [-0.39, 0.29) is 34.0 Å². The minimum Gasteiger partial charge on any atom is -0.490 e. The molecular weight excluding hydrogens is 352 g/mol. The molecule has 1 aromatic heterocycles. The lowest BCUT2D eigenvalue weighted by molar-refractivity contribution is -0.132. The monoisotopic (exact) mass is 368 g/mol. The molecule has 0 fully saturated rings. The topological polar surface area (TPSA) is 92.0 Å². The summed E-state index contributed by atoms with van der Waals surface area (Å²) < 4.78 is 21.3. The Balaban J connectivity index is 2.36. The number of benzene rings is 2. The third-order valence-electron chi connectivity index (χ3n) is 3.65. The largest absolute Gasteiger partial charge is 0.490 e. The predicted octanol–water partition coefficient (Wildman–Crippen LogP) is 3.32. The van der Waals surface area contributed by atoms with E-state index < -0.39 is 17.4 Å². The van der Waals surface area contributed by atoms with Gasteiger partial charge in [0.15, 0.2) is 5.76 Å². The highest BCUT2D eigenvalue weighted by Gasteiger charge is 2.22. The lowest BCUT2D eigenvalue weighted by atomic mass is 10.1. The molecule has 0 saturated carbocycles. The van der Waals surface area contributed by atoms with Crippen LogP contribution in [0.5, 0.6) is 17.2 Å². The quantitative estimate of drug-likeness (QED) is 0.515. The fraction of sp³-hybridized carbons (Fsp3) is 0.150. The average Bonchev–Trinajstić information content (AvgIpc) is 2.60. The molecule has 0 N–H and O–H groups in total. The minimum atomic E-state index is -0.637. The molecule has 0 saturated heterocycles. The second-order valence-electron chi connectivity index (χ2n) is 5.64. The van der Waals surface area contributed by atoms with Crippen LogP contribution in [0.2, 0.25) is 0 Å². The number of hydrogen-bond acceptors (Lipinski definition) is 7. The summed E-state index contributed by atoms with van der Waals surface area (Å²) in [6.45, 7) is 2.43. The van der Waals surface area contributed by atoms with Crippen molar-refractivity contribution in [2.45, 2.75) is 13.8 Å². The molecule has 0 aliphatic heterocycles. The second-order valence-corrected chi connectivity index (χ2v) is 5.64. The molecule has 0 unspecified atom stereocenters. The zero-order chi connectivity index (χ0) is 19.6. The van der Waals surface area contributed by atoms with Crippen LogP contribution in [0.4, 0.5) is 0 Å². The predicted molar refractivity (Wildman–Crippen MR) is 97.1 cm³/mol. The summed E-state index contributed by atoms with van der Waals surface area (Å²) in [6, 6.07) is 11.6. The van der Waals surface area contributed by atoms with Gasteiger partial charge in [0, 0.05) is 31.5 Å². The Morgan fingerprint density at radius 3 is 2.22 bits per heavy atom. The Labute approximate surface area is 154 Å². The molecule has 0 spiro atoms. The standard InChI is InChI=1S/C20H16O7/c1-11(21)25-14-9-15(26-12(2)22)17-16(10-14)27-19(20(24-3)18(17)23)13-7-5-4-6-8-13/h4-10H,1-3H3. The number of methoxy groups -OCH3 is 1. The second kappa shape index (κ2) is 7.33. The van der Waals surface area contributed by atoms with Crippen LogP contribution in [0, 0.1) is 0 Å². The molecule has 1 heterocycles. The summed E-state index contributed by atoms with van der Waals surface area (Å²) in [7, 11) is 1.35. The van der Waals surface area contributed by atoms with Gasteiger partial charge in [0.05, 0.1) is 7.11 Å². The Hall–Kier alpha value is -3.61. The van der Waals surface area contributed by atoms with Gasteiger partial charge in [0.25, 0.3) is 0 Å². The molecule has 0 radical (unpaired) electrons. The summed E-state index contributed by atoms with van der Waals surface area (Å²) in [4.78, 5) is 35.8. The first-order valence-corrected chi connectivity index (χ1v) is 8.01. The van der Waals surface area contributed by atoms with E-state index in [1.807, 2.05) is 6.07 Å². The SMILES string of the molecule is COc1c(-c2ccccc2)oc2cc(OC(C)=O)cc(OC(C)=O)c2c1=O. The number of fused-ring (bicyclic) bond motifs is 1. The van der Waals surface area contributed by atoms with Gasteiger partial charge in [0.1, 0.15) is 22.5 Å². The van der Waals surface area contributed by atoms with Gasteiger partial charge in [-0.05, 0) is 0 Å². The van der Waals surface area contributed by atoms with E-state index in [9.17, 15) is 14.4 Å². The molecule has 7 heteroatoms. The van der Waals surface area contributed by atoms with Crippen LogP contribution < -0.4 is 19.6 Å². The van der Waals surface area contributed by atoms with Crippen LogP contribution in [0.15, 0.2) is 51.7 Å². The zero-order valence-corrected chi connectivity index (χ0v) is 14.9. The smallest absolute Gasteiger partial charge is 0.308 e. The van der Waals surface area contributed by atoms with Crippen LogP contribution in [-0.2, 0) is 9.59 Å². The van der Waals surface area contributed by atoms with Crippen LogP contribution in [0.25, 0.3) is 22.3 Å². The highest BCUT2D eigenvalue weighted by atomic mass is 16.5. The van der Waals surface area contributed by atoms with Gasteiger partial charge < -0.3 is 18.6 Å². The van der Waals surface area contributed by atoms with Crippen LogP contribution in [0.3, 0.4) is 0 Å². The van der Waals surface area contributed by atoms with Crippen molar-refractivity contribution in [3.8, 4) is 28.6 Å². The van der Waals surface area contributed by atoms with E-state index in [2.05, 4.69) is 0 Å². The van der Waals surface area contributed by atoms with Crippen molar-refractivity contribution in [3.63, 3.8) is 0 Å². The van der Waals surface area contributed by atoms with Crippen molar-refractivity contribution in [3.05, 3.63) is 52.7 Å². The van der Waals surface area contributed by atoms with Gasteiger partial charge in [-0.2, -0.15) is 0 Å². The molecule has 27 heavy (non-hydrogen) atoms. The van der Waals surface area contributed by atoms with E-state index in [0.717, 1.165) is 0 Å². The maximum absolute atomic E-state index is 13.0. The molecular formula is C20H16O7. The molecule has 7 nitrogen and oxygen atoms in total. The number of carbonyl (C=O) groups is 2. The van der Waals surface area contributed by atoms with Crippen molar-refractivity contribution in [1.82, 2.24) is 0 Å². The van der Waals surface area contributed by atoms with Crippen molar-refractivity contribution >= 4 is 22.9 Å². The molecule has 0 amide bonds. The summed E-state index contributed by atoms with van der Waals surface area (Å²) in [5, 5.41) is 0.0117. The summed E-state index contributed by atoms with van der Waals surface area (Å²) in [6.07, 6.45) is 0. The third-order valence-corrected chi connectivity index (χ3v) is 3.65. The molecule has 0 atom stereocenters. The first-order chi connectivity index (χ1) is 12.9. The van der Waals surface area contributed by atoms with Crippen LogP contribution in [0.1, 0.15) is 13.8 Å². The van der Waals surface area contributed by atoms with E-state index in [1.54, 1.807) is 24.3 Å². The van der Waals surface area contributed by atoms with Gasteiger partial charge in [-0.3, -0.25) is 14.4 Å². The van der Waals surface area contributed by atoms with Gasteiger partial charge in [-0.1, -0.05) is 30.3 Å². The Morgan fingerprint density at radius 1 is 0.963 bits per heavy atom. The fourth-order valence-corrected chi connectivity index (χ4v) is 2.67. The number of ether oxygens (including phenoxy) is 3. The lowest BCUT2D eigenvalue weighted by Crippen LogP contribution is -2.12. The van der Waals surface area contributed by atoms with E-state index in [0.29, 0.717) is 5.56 Å². The van der Waals surface area contributed by atoms with Gasteiger partial charge in [0.2, 0.25) is 11.2 Å². The molecule has 3 aromatic rings. The average molecular weight is 368 g/mol. The molecule has 2 aromatic carbocycles. The highest BCUT2D eigenvalue weighted by molar-refractivity contribution is 5.91. The molecule has 3 rings (SSSR count). The number of carbonyl (C=O) groups excluding carboxylic acids is 2. The highest BCUT2D eigenvalue weighted by Crippen LogP contribution is 2.36. The zero-order valence-electron chi connectivity index (χ0n) is 14.9. The van der Waals surface area contributed by atoms with Crippen LogP contribution in [-0.4, -0.2) is 19.0 Å². The number of hydrogen-bond donors (Lipinski definition) is 0. The maximum Gasteiger partial charge on any atom is 0.308 e. The lowest BCUT2D eigenvalue weighted by Gasteiger charge is -2.12. The first kappa shape index (κ1) is 18.2. The van der Waals surface area contributed by atoms with Gasteiger partial charge in [-0.25, -0.2) is 0 Å². The van der Waals surface area contributed by atoms with E-state index in [4.69, 9.17) is 18.6 Å². The maximum atomic E-state index is 13.0. The Morgan fingerprint density at radius 2 is 1.63 bits per heavy atom. The van der Waals surface area contributed by atoms with Crippen molar-refractivity contribution in [2.24, 2.45) is 0 Å². The van der Waals surface area contributed by atoms with E-state index >= 15 is 0 Å². The Kier molecular flexibility index (Phi) is 4.94. The molecule has 0 aliphatic carbocycles. The van der Waals surface area contributed by atoms with Gasteiger partial charge >= 0.3 is 11.9 Å². The number of esters is 2. The van der Waals surface area contributed by atoms with Crippen molar-refractivity contribution in [2.75, 3.05) is 7.11 Å².